The van der Waals surface area contributed by atoms with Gasteiger partial charge in [0.15, 0.2) is 9.84 Å². The van der Waals surface area contributed by atoms with Crippen LogP contribution in [0.5, 0.6) is 5.75 Å². The smallest absolute Gasteiger partial charge is 0.387 e. The number of alkyl halides is 2. The first-order chi connectivity index (χ1) is 16.6. The molecule has 1 unspecified atom stereocenters. The van der Waals surface area contributed by atoms with Gasteiger partial charge >= 0.3 is 6.61 Å². The molecular weight excluding hydrogens is 482 g/mol. The lowest BCUT2D eigenvalue weighted by molar-refractivity contribution is -0.0498. The molecule has 5 rings (SSSR count). The van der Waals surface area contributed by atoms with E-state index in [4.69, 9.17) is 9.84 Å². The molecule has 0 bridgehead atoms. The van der Waals surface area contributed by atoms with Gasteiger partial charge in [-0.1, -0.05) is 12.1 Å². The lowest BCUT2D eigenvalue weighted by Gasteiger charge is -2.23. The molecule has 4 heterocycles. The highest BCUT2D eigenvalue weighted by molar-refractivity contribution is 7.91. The molecule has 35 heavy (non-hydrogen) atoms. The van der Waals surface area contributed by atoms with Gasteiger partial charge in [0.05, 0.1) is 40.8 Å². The number of nitrogens with one attached hydrogen (secondary N) is 1. The lowest BCUT2D eigenvalue weighted by atomic mass is 10.0. The first-order valence-electron chi connectivity index (χ1n) is 11.2. The van der Waals surface area contributed by atoms with Crippen molar-refractivity contribution in [2.24, 2.45) is 0 Å². The molecule has 2 aliphatic rings. The quantitative estimate of drug-likeness (QED) is 0.547. The van der Waals surface area contributed by atoms with Crippen molar-refractivity contribution in [3.05, 3.63) is 42.1 Å². The molecule has 1 amide bonds. The first-order valence-corrected chi connectivity index (χ1v) is 13.0. The van der Waals surface area contributed by atoms with Gasteiger partial charge in [-0.3, -0.25) is 14.5 Å². The third-order valence-electron chi connectivity index (χ3n) is 6.31. The maximum atomic E-state index is 13.0. The summed E-state index contributed by atoms with van der Waals surface area (Å²) in [6, 6.07) is 7.79. The average Bonchev–Trinajstić information content (AvgIpc) is 3.50. The summed E-state index contributed by atoms with van der Waals surface area (Å²) < 4.78 is 61.1. The van der Waals surface area contributed by atoms with E-state index in [1.54, 1.807) is 29.8 Å². The van der Waals surface area contributed by atoms with Crippen molar-refractivity contribution in [3.8, 4) is 17.0 Å². The maximum Gasteiger partial charge on any atom is 0.387 e. The number of benzene rings is 1. The molecule has 2 aliphatic heterocycles. The number of hydrogen-bond donors (Lipinski definition) is 1. The molecular formula is C23H24F2N4O5S. The summed E-state index contributed by atoms with van der Waals surface area (Å²) in [5.41, 5.74) is 1.52. The van der Waals surface area contributed by atoms with E-state index in [-0.39, 0.29) is 28.9 Å². The van der Waals surface area contributed by atoms with Crippen LogP contribution in [0.1, 0.15) is 36.2 Å². The lowest BCUT2D eigenvalue weighted by Crippen LogP contribution is -2.46. The van der Waals surface area contributed by atoms with Crippen molar-refractivity contribution in [2.45, 2.75) is 38.0 Å². The molecule has 12 heteroatoms. The Balaban J connectivity index is 1.53. The molecule has 1 N–H and O–H groups in total. The number of halogens is 2. The van der Waals surface area contributed by atoms with E-state index >= 15 is 0 Å². The second-order valence-corrected chi connectivity index (χ2v) is 11.3. The maximum absolute atomic E-state index is 13.0. The molecule has 2 fully saturated rings. The molecule has 0 radical (unpaired) electrons. The van der Waals surface area contributed by atoms with Crippen LogP contribution in [0.2, 0.25) is 0 Å². The van der Waals surface area contributed by atoms with E-state index in [9.17, 15) is 22.0 Å². The standard InChI is InChI=1S/C23H24F2N4O5S/c1-23(6-8-35(31,32)13-23)27-21(30)15-10-18-20(26-11-15)19(28-29(18)16-5-7-33-12-16)14-3-2-4-17(9-14)34-22(24)25/h2-4,9-11,16,22H,5-8,12-13H2,1H3,(H,27,30)/t16?,23-/m0/s1. The highest BCUT2D eigenvalue weighted by atomic mass is 32.2. The highest BCUT2D eigenvalue weighted by Gasteiger charge is 2.39. The minimum atomic E-state index is -3.19. The number of aromatic nitrogens is 3. The van der Waals surface area contributed by atoms with Crippen LogP contribution in [-0.2, 0) is 14.6 Å². The molecule has 2 aromatic heterocycles. The van der Waals surface area contributed by atoms with Crippen LogP contribution in [0.3, 0.4) is 0 Å². The predicted molar refractivity (Wildman–Crippen MR) is 123 cm³/mol. The minimum Gasteiger partial charge on any atom is -0.435 e. The van der Waals surface area contributed by atoms with Crippen LogP contribution >= 0.6 is 0 Å². The number of sulfone groups is 1. The molecule has 9 nitrogen and oxygen atoms in total. The fourth-order valence-corrected chi connectivity index (χ4v) is 6.70. The normalized spacial score (nSPS) is 23.7. The van der Waals surface area contributed by atoms with Crippen LogP contribution in [0.25, 0.3) is 22.3 Å². The van der Waals surface area contributed by atoms with Crippen LogP contribution < -0.4 is 10.1 Å². The van der Waals surface area contributed by atoms with Gasteiger partial charge in [0.25, 0.3) is 5.91 Å². The van der Waals surface area contributed by atoms with E-state index in [1.807, 2.05) is 0 Å². The zero-order valence-corrected chi connectivity index (χ0v) is 19.7. The van der Waals surface area contributed by atoms with Gasteiger partial charge in [0, 0.05) is 18.4 Å². The number of ether oxygens (including phenoxy) is 2. The number of pyridine rings is 1. The monoisotopic (exact) mass is 506 g/mol. The number of nitrogens with zero attached hydrogens (tertiary/aromatic N) is 3. The van der Waals surface area contributed by atoms with Crippen molar-refractivity contribution in [2.75, 3.05) is 24.7 Å². The van der Waals surface area contributed by atoms with Crippen molar-refractivity contribution in [3.63, 3.8) is 0 Å². The van der Waals surface area contributed by atoms with Crippen molar-refractivity contribution < 1.29 is 31.5 Å². The van der Waals surface area contributed by atoms with Gasteiger partial charge in [-0.05, 0) is 38.0 Å². The molecule has 3 aromatic rings. The van der Waals surface area contributed by atoms with Gasteiger partial charge in [0.2, 0.25) is 0 Å². The minimum absolute atomic E-state index is 0.000146. The Morgan fingerprint density at radius 2 is 2.17 bits per heavy atom. The average molecular weight is 507 g/mol. The Hall–Kier alpha value is -3.12. The van der Waals surface area contributed by atoms with Crippen LogP contribution in [0.4, 0.5) is 8.78 Å². The van der Waals surface area contributed by atoms with Crippen molar-refractivity contribution in [1.29, 1.82) is 0 Å². The zero-order chi connectivity index (χ0) is 24.8. The van der Waals surface area contributed by atoms with Gasteiger partial charge in [0.1, 0.15) is 17.0 Å². The number of carbonyl (C=O) groups excluding carboxylic acids is 1. The fraction of sp³-hybridized carbons (Fsp3) is 0.435. The summed E-state index contributed by atoms with van der Waals surface area (Å²) in [7, 11) is -3.19. The topological polar surface area (TPSA) is 112 Å². The van der Waals surface area contributed by atoms with E-state index in [0.29, 0.717) is 41.9 Å². The Morgan fingerprint density at radius 1 is 1.34 bits per heavy atom. The first kappa shape index (κ1) is 23.6. The molecule has 2 saturated heterocycles. The molecule has 186 valence electrons. The second-order valence-electron chi connectivity index (χ2n) is 9.17. The summed E-state index contributed by atoms with van der Waals surface area (Å²) in [5.74, 6) is -0.504. The number of rotatable bonds is 6. The number of hydrogen-bond acceptors (Lipinski definition) is 7. The summed E-state index contributed by atoms with van der Waals surface area (Å²) >= 11 is 0. The molecule has 0 saturated carbocycles. The Labute approximate surface area is 200 Å². The van der Waals surface area contributed by atoms with Crippen LogP contribution in [0.15, 0.2) is 36.5 Å². The molecule has 1 aromatic carbocycles. The molecule has 0 aliphatic carbocycles. The molecule has 2 atom stereocenters. The number of amides is 1. The van der Waals surface area contributed by atoms with E-state index in [2.05, 4.69) is 15.0 Å². The van der Waals surface area contributed by atoms with Gasteiger partial charge in [-0.25, -0.2) is 8.42 Å². The third kappa shape index (κ3) is 4.85. The van der Waals surface area contributed by atoms with Crippen molar-refractivity contribution >= 4 is 26.8 Å². The zero-order valence-electron chi connectivity index (χ0n) is 18.9. The molecule has 0 spiro atoms. The third-order valence-corrected chi connectivity index (χ3v) is 8.21. The van der Waals surface area contributed by atoms with E-state index < -0.39 is 27.9 Å². The van der Waals surface area contributed by atoms with E-state index in [0.717, 1.165) is 6.42 Å². The van der Waals surface area contributed by atoms with Crippen molar-refractivity contribution in [1.82, 2.24) is 20.1 Å². The Bertz CT molecular complexity index is 1390. The van der Waals surface area contributed by atoms with E-state index in [1.165, 1.54) is 18.3 Å². The SMILES string of the molecule is C[C@]1(NC(=O)c2cnc3c(-c4cccc(OC(F)F)c4)nn(C4CCOC4)c3c2)CCS(=O)(=O)C1. The highest BCUT2D eigenvalue weighted by Crippen LogP contribution is 2.33. The van der Waals surface area contributed by atoms with Gasteiger partial charge in [-0.2, -0.15) is 13.9 Å². The number of carbonyl (C=O) groups is 1. The summed E-state index contributed by atoms with van der Waals surface area (Å²) in [6.07, 6.45) is 2.47. The Morgan fingerprint density at radius 3 is 2.86 bits per heavy atom. The largest absolute Gasteiger partial charge is 0.435 e. The van der Waals surface area contributed by atoms with Crippen LogP contribution in [0, 0.1) is 0 Å². The van der Waals surface area contributed by atoms with Gasteiger partial charge < -0.3 is 14.8 Å². The fourth-order valence-electron chi connectivity index (χ4n) is 4.61. The van der Waals surface area contributed by atoms with Crippen LogP contribution in [-0.4, -0.2) is 66.0 Å². The summed E-state index contributed by atoms with van der Waals surface area (Å²) in [6.45, 7) is -0.226. The summed E-state index contributed by atoms with van der Waals surface area (Å²) in [4.78, 5) is 17.5. The second kappa shape index (κ2) is 8.83. The predicted octanol–water partition coefficient (Wildman–Crippen LogP) is 2.97. The number of fused-ring (bicyclic) bond motifs is 1. The van der Waals surface area contributed by atoms with Gasteiger partial charge in [-0.15, -0.1) is 0 Å². The summed E-state index contributed by atoms with van der Waals surface area (Å²) in [5, 5.41) is 7.56. The Kier molecular flexibility index (Phi) is 5.96.